The quantitative estimate of drug-likeness (QED) is 0.560. The predicted octanol–water partition coefficient (Wildman–Crippen LogP) is 3.33. The molecule has 0 amide bonds. The summed E-state index contributed by atoms with van der Waals surface area (Å²) in [4.78, 5) is 9.31. The lowest BCUT2D eigenvalue weighted by Crippen LogP contribution is -2.40. The van der Waals surface area contributed by atoms with Crippen molar-refractivity contribution in [3.05, 3.63) is 41.4 Å². The van der Waals surface area contributed by atoms with Crippen molar-refractivity contribution in [3.63, 3.8) is 0 Å². The van der Waals surface area contributed by atoms with Crippen LogP contribution in [0.2, 0.25) is 0 Å². The smallest absolute Gasteiger partial charge is 0.191 e. The highest BCUT2D eigenvalue weighted by Crippen LogP contribution is 2.23. The molecule has 2 rings (SSSR count). The molecule has 0 spiro atoms. The second-order valence-electron chi connectivity index (χ2n) is 6.35. The Kier molecular flexibility index (Phi) is 7.40. The van der Waals surface area contributed by atoms with Gasteiger partial charge in [-0.25, -0.2) is 4.98 Å². The van der Waals surface area contributed by atoms with Gasteiger partial charge in [-0.1, -0.05) is 30.3 Å². The standard InChI is InChI=1S/C19H28N4OS/c1-5-20-18(22-14-19(2,3)24-4)21-12-11-16-13-25-17(23-16)15-9-7-6-8-10-15/h6-10,13H,5,11-12,14H2,1-4H3,(H2,20,21,22). The molecule has 0 fully saturated rings. The van der Waals surface area contributed by atoms with Crippen LogP contribution in [-0.4, -0.2) is 43.3 Å². The number of aromatic nitrogens is 1. The Morgan fingerprint density at radius 2 is 2.00 bits per heavy atom. The Morgan fingerprint density at radius 1 is 1.24 bits per heavy atom. The number of aliphatic imine (C=N–C) groups is 1. The summed E-state index contributed by atoms with van der Waals surface area (Å²) in [6, 6.07) is 10.3. The average Bonchev–Trinajstić information content (AvgIpc) is 3.09. The molecule has 25 heavy (non-hydrogen) atoms. The predicted molar refractivity (Wildman–Crippen MR) is 106 cm³/mol. The van der Waals surface area contributed by atoms with Gasteiger partial charge in [-0.2, -0.15) is 0 Å². The van der Waals surface area contributed by atoms with E-state index in [4.69, 9.17) is 9.72 Å². The summed E-state index contributed by atoms with van der Waals surface area (Å²) in [5.41, 5.74) is 2.01. The SMILES string of the molecule is CCNC(=NCC(C)(C)OC)NCCc1csc(-c2ccccc2)n1. The lowest BCUT2D eigenvalue weighted by atomic mass is 10.1. The molecule has 1 aromatic carbocycles. The minimum atomic E-state index is -0.262. The van der Waals surface area contributed by atoms with Crippen molar-refractivity contribution in [2.24, 2.45) is 4.99 Å². The number of ether oxygens (including phenoxy) is 1. The van der Waals surface area contributed by atoms with Gasteiger partial charge in [-0.15, -0.1) is 11.3 Å². The van der Waals surface area contributed by atoms with Gasteiger partial charge in [0.2, 0.25) is 0 Å². The fourth-order valence-corrected chi connectivity index (χ4v) is 2.98. The summed E-state index contributed by atoms with van der Waals surface area (Å²) in [5.74, 6) is 0.811. The molecule has 6 heteroatoms. The number of nitrogens with zero attached hydrogens (tertiary/aromatic N) is 2. The van der Waals surface area contributed by atoms with Gasteiger partial charge in [0.05, 0.1) is 17.8 Å². The molecule has 0 atom stereocenters. The molecule has 0 aliphatic carbocycles. The van der Waals surface area contributed by atoms with Crippen molar-refractivity contribution in [3.8, 4) is 10.6 Å². The average molecular weight is 361 g/mol. The van der Waals surface area contributed by atoms with Gasteiger partial charge in [-0.3, -0.25) is 4.99 Å². The zero-order valence-corrected chi connectivity index (χ0v) is 16.3. The molecule has 136 valence electrons. The van der Waals surface area contributed by atoms with Gasteiger partial charge in [0, 0.05) is 37.6 Å². The second-order valence-corrected chi connectivity index (χ2v) is 7.20. The number of hydrogen-bond donors (Lipinski definition) is 2. The van der Waals surface area contributed by atoms with E-state index in [1.54, 1.807) is 18.4 Å². The van der Waals surface area contributed by atoms with Crippen molar-refractivity contribution in [1.29, 1.82) is 0 Å². The molecule has 1 heterocycles. The van der Waals surface area contributed by atoms with Crippen LogP contribution < -0.4 is 10.6 Å². The number of rotatable bonds is 8. The van der Waals surface area contributed by atoms with Crippen LogP contribution in [0.15, 0.2) is 40.7 Å². The Morgan fingerprint density at radius 3 is 2.68 bits per heavy atom. The van der Waals surface area contributed by atoms with Crippen LogP contribution >= 0.6 is 11.3 Å². The topological polar surface area (TPSA) is 58.5 Å². The van der Waals surface area contributed by atoms with Crippen LogP contribution in [0.5, 0.6) is 0 Å². The number of guanidine groups is 1. The van der Waals surface area contributed by atoms with Gasteiger partial charge in [0.1, 0.15) is 5.01 Å². The van der Waals surface area contributed by atoms with Crippen LogP contribution in [0.3, 0.4) is 0 Å². The maximum atomic E-state index is 5.41. The van der Waals surface area contributed by atoms with Crippen molar-refractivity contribution in [2.75, 3.05) is 26.7 Å². The number of benzene rings is 1. The molecule has 5 nitrogen and oxygen atoms in total. The maximum Gasteiger partial charge on any atom is 0.191 e. The Balaban J connectivity index is 1.87. The molecular formula is C19H28N4OS. The Labute approximate surface area is 154 Å². The number of hydrogen-bond acceptors (Lipinski definition) is 4. The fourth-order valence-electron chi connectivity index (χ4n) is 2.12. The van der Waals surface area contributed by atoms with Gasteiger partial charge in [0.25, 0.3) is 0 Å². The van der Waals surface area contributed by atoms with Crippen molar-refractivity contribution in [1.82, 2.24) is 15.6 Å². The molecule has 0 bridgehead atoms. The van der Waals surface area contributed by atoms with E-state index in [0.717, 1.165) is 36.2 Å². The van der Waals surface area contributed by atoms with Crippen molar-refractivity contribution in [2.45, 2.75) is 32.8 Å². The van der Waals surface area contributed by atoms with Gasteiger partial charge < -0.3 is 15.4 Å². The van der Waals surface area contributed by atoms with E-state index in [1.165, 1.54) is 5.56 Å². The lowest BCUT2D eigenvalue weighted by Gasteiger charge is -2.21. The van der Waals surface area contributed by atoms with Crippen molar-refractivity contribution < 1.29 is 4.74 Å². The van der Waals surface area contributed by atoms with Gasteiger partial charge in [-0.05, 0) is 20.8 Å². The third-order valence-electron chi connectivity index (χ3n) is 3.76. The van der Waals surface area contributed by atoms with E-state index in [0.29, 0.717) is 6.54 Å². The van der Waals surface area contributed by atoms with E-state index >= 15 is 0 Å². The highest BCUT2D eigenvalue weighted by molar-refractivity contribution is 7.13. The molecular weight excluding hydrogens is 332 g/mol. The minimum Gasteiger partial charge on any atom is -0.377 e. The lowest BCUT2D eigenvalue weighted by molar-refractivity contribution is 0.0310. The first kappa shape index (κ1) is 19.4. The number of nitrogens with one attached hydrogen (secondary N) is 2. The molecule has 0 saturated heterocycles. The first-order chi connectivity index (χ1) is 12.0. The van der Waals surface area contributed by atoms with Crippen LogP contribution in [0.4, 0.5) is 0 Å². The normalized spacial score (nSPS) is 12.2. The zero-order chi connectivity index (χ0) is 18.1. The van der Waals surface area contributed by atoms with Crippen molar-refractivity contribution >= 4 is 17.3 Å². The highest BCUT2D eigenvalue weighted by atomic mass is 32.1. The molecule has 0 aliphatic heterocycles. The van der Waals surface area contributed by atoms with Gasteiger partial charge in [0.15, 0.2) is 5.96 Å². The molecule has 0 unspecified atom stereocenters. The monoisotopic (exact) mass is 360 g/mol. The third-order valence-corrected chi connectivity index (χ3v) is 4.70. The van der Waals surface area contributed by atoms with E-state index < -0.39 is 0 Å². The van der Waals surface area contributed by atoms with E-state index in [9.17, 15) is 0 Å². The Bertz CT molecular complexity index is 667. The van der Waals surface area contributed by atoms with Crippen LogP contribution in [0, 0.1) is 0 Å². The molecule has 1 aromatic heterocycles. The zero-order valence-electron chi connectivity index (χ0n) is 15.5. The van der Waals surface area contributed by atoms with Crippen LogP contribution in [-0.2, 0) is 11.2 Å². The first-order valence-electron chi connectivity index (χ1n) is 8.61. The minimum absolute atomic E-state index is 0.262. The fraction of sp³-hybridized carbons (Fsp3) is 0.474. The van der Waals surface area contributed by atoms with Crippen LogP contribution in [0.25, 0.3) is 10.6 Å². The van der Waals surface area contributed by atoms with E-state index in [2.05, 4.69) is 40.1 Å². The maximum absolute atomic E-state index is 5.41. The third kappa shape index (κ3) is 6.48. The van der Waals surface area contributed by atoms with E-state index in [1.807, 2.05) is 32.0 Å². The summed E-state index contributed by atoms with van der Waals surface area (Å²) < 4.78 is 5.41. The molecule has 2 aromatic rings. The van der Waals surface area contributed by atoms with Crippen LogP contribution in [0.1, 0.15) is 26.5 Å². The van der Waals surface area contributed by atoms with Gasteiger partial charge >= 0.3 is 0 Å². The summed E-state index contributed by atoms with van der Waals surface area (Å²) in [7, 11) is 1.71. The summed E-state index contributed by atoms with van der Waals surface area (Å²) in [6.45, 7) is 8.34. The Hall–Kier alpha value is -1.92. The van der Waals surface area contributed by atoms with E-state index in [-0.39, 0.29) is 5.60 Å². The summed E-state index contributed by atoms with van der Waals surface area (Å²) >= 11 is 1.69. The first-order valence-corrected chi connectivity index (χ1v) is 9.49. The molecule has 2 N–H and O–H groups in total. The summed E-state index contributed by atoms with van der Waals surface area (Å²) in [5, 5.41) is 9.82. The number of thiazole rings is 1. The molecule has 0 aliphatic rings. The number of methoxy groups -OCH3 is 1. The highest BCUT2D eigenvalue weighted by Gasteiger charge is 2.15. The molecule has 0 radical (unpaired) electrons. The summed E-state index contributed by atoms with van der Waals surface area (Å²) in [6.07, 6.45) is 0.863. The largest absolute Gasteiger partial charge is 0.377 e. The molecule has 0 saturated carbocycles. The second kappa shape index (κ2) is 9.53.